The first-order chi connectivity index (χ1) is 10.9. The van der Waals surface area contributed by atoms with Gasteiger partial charge in [-0.25, -0.2) is 4.98 Å². The highest BCUT2D eigenvalue weighted by atomic mass is 32.1. The molecule has 1 atom stereocenters. The molecule has 0 spiro atoms. The summed E-state index contributed by atoms with van der Waals surface area (Å²) in [6, 6.07) is 3.76. The Morgan fingerprint density at radius 3 is 2.83 bits per heavy atom. The number of hydrogen-bond acceptors (Lipinski definition) is 5. The van der Waals surface area contributed by atoms with Crippen molar-refractivity contribution in [3.8, 4) is 10.6 Å². The maximum atomic E-state index is 12.2. The van der Waals surface area contributed by atoms with Crippen molar-refractivity contribution in [3.63, 3.8) is 0 Å². The fraction of sp³-hybridized carbons (Fsp3) is 0.471. The van der Waals surface area contributed by atoms with Gasteiger partial charge in [0.25, 0.3) is 0 Å². The summed E-state index contributed by atoms with van der Waals surface area (Å²) in [6.45, 7) is 6.22. The van der Waals surface area contributed by atoms with Crippen LogP contribution >= 0.6 is 11.3 Å². The van der Waals surface area contributed by atoms with Gasteiger partial charge in [0.2, 0.25) is 5.91 Å². The summed E-state index contributed by atoms with van der Waals surface area (Å²) >= 11 is 1.51. The van der Waals surface area contributed by atoms with Gasteiger partial charge in [0, 0.05) is 36.0 Å². The molecule has 0 aliphatic carbocycles. The summed E-state index contributed by atoms with van der Waals surface area (Å²) in [7, 11) is 0. The van der Waals surface area contributed by atoms with E-state index in [9.17, 15) is 4.79 Å². The molecule has 23 heavy (non-hydrogen) atoms. The Hall–Kier alpha value is -1.79. The van der Waals surface area contributed by atoms with Gasteiger partial charge in [-0.3, -0.25) is 9.78 Å². The second-order valence-electron chi connectivity index (χ2n) is 6.56. The molecule has 124 valence electrons. The molecule has 2 aromatic heterocycles. The van der Waals surface area contributed by atoms with Crippen molar-refractivity contribution in [2.45, 2.75) is 39.7 Å². The van der Waals surface area contributed by atoms with E-state index in [1.54, 1.807) is 12.4 Å². The predicted molar refractivity (Wildman–Crippen MR) is 92.1 cm³/mol. The normalized spacial score (nSPS) is 12.9. The monoisotopic (exact) mass is 333 g/mol. The molecule has 2 aromatic rings. The molecule has 1 unspecified atom stereocenters. The third-order valence-electron chi connectivity index (χ3n) is 3.60. The Kier molecular flexibility index (Phi) is 5.85. The van der Waals surface area contributed by atoms with Crippen LogP contribution in [0.1, 0.15) is 32.9 Å². The number of nitrogens with one attached hydrogen (secondary N) is 1. The summed E-state index contributed by atoms with van der Waals surface area (Å²) in [6.07, 6.45) is 4.28. The van der Waals surface area contributed by atoms with Crippen molar-refractivity contribution in [2.24, 2.45) is 5.41 Å². The van der Waals surface area contributed by atoms with Crippen LogP contribution < -0.4 is 5.32 Å². The molecule has 0 bridgehead atoms. The molecule has 0 aliphatic heterocycles. The SMILES string of the molecule is CC(C)(C)C(CCO)NC(=O)Cc1csc(-c2cccnc2)n1. The zero-order chi connectivity index (χ0) is 16.9. The highest BCUT2D eigenvalue weighted by Gasteiger charge is 2.25. The number of aliphatic hydroxyl groups is 1. The third-order valence-corrected chi connectivity index (χ3v) is 4.54. The van der Waals surface area contributed by atoms with Gasteiger partial charge in [-0.15, -0.1) is 11.3 Å². The molecular weight excluding hydrogens is 310 g/mol. The number of hydrogen-bond donors (Lipinski definition) is 2. The lowest BCUT2D eigenvalue weighted by atomic mass is 9.85. The van der Waals surface area contributed by atoms with Crippen LogP contribution in [0, 0.1) is 5.41 Å². The van der Waals surface area contributed by atoms with Crippen LogP contribution in [0.2, 0.25) is 0 Å². The molecule has 2 rings (SSSR count). The van der Waals surface area contributed by atoms with Crippen molar-refractivity contribution in [1.29, 1.82) is 0 Å². The fourth-order valence-corrected chi connectivity index (χ4v) is 3.08. The average molecular weight is 333 g/mol. The van der Waals surface area contributed by atoms with Crippen molar-refractivity contribution in [3.05, 3.63) is 35.6 Å². The summed E-state index contributed by atoms with van der Waals surface area (Å²) in [5, 5.41) is 14.9. The minimum atomic E-state index is -0.0959. The van der Waals surface area contributed by atoms with E-state index in [4.69, 9.17) is 5.11 Å². The molecule has 2 heterocycles. The standard InChI is InChI=1S/C17H23N3O2S/c1-17(2,3)14(6-8-21)20-15(22)9-13-11-23-16(19-13)12-5-4-7-18-10-12/h4-5,7,10-11,14,21H,6,8-9H2,1-3H3,(H,20,22). The van der Waals surface area contributed by atoms with Gasteiger partial charge in [-0.05, 0) is 24.0 Å². The van der Waals surface area contributed by atoms with Gasteiger partial charge in [0.1, 0.15) is 5.01 Å². The van der Waals surface area contributed by atoms with E-state index in [0.29, 0.717) is 6.42 Å². The minimum absolute atomic E-state index is 0.0589. The molecule has 0 radical (unpaired) electrons. The lowest BCUT2D eigenvalue weighted by Crippen LogP contribution is -2.44. The highest BCUT2D eigenvalue weighted by Crippen LogP contribution is 2.24. The van der Waals surface area contributed by atoms with E-state index >= 15 is 0 Å². The summed E-state index contributed by atoms with van der Waals surface area (Å²) in [5.74, 6) is -0.0681. The lowest BCUT2D eigenvalue weighted by molar-refractivity contribution is -0.122. The molecule has 2 N–H and O–H groups in total. The molecule has 0 saturated carbocycles. The topological polar surface area (TPSA) is 75.1 Å². The Morgan fingerprint density at radius 2 is 2.22 bits per heavy atom. The smallest absolute Gasteiger partial charge is 0.226 e. The number of thiazole rings is 1. The zero-order valence-electron chi connectivity index (χ0n) is 13.7. The molecule has 6 heteroatoms. The van der Waals surface area contributed by atoms with E-state index in [1.807, 2.05) is 17.5 Å². The molecule has 1 amide bonds. The Labute approximate surface area is 140 Å². The van der Waals surface area contributed by atoms with Gasteiger partial charge in [-0.1, -0.05) is 20.8 Å². The first-order valence-electron chi connectivity index (χ1n) is 7.65. The summed E-state index contributed by atoms with van der Waals surface area (Å²) in [4.78, 5) is 20.8. The number of pyridine rings is 1. The molecule has 0 aromatic carbocycles. The predicted octanol–water partition coefficient (Wildman–Crippen LogP) is 2.66. The number of amides is 1. The van der Waals surface area contributed by atoms with Gasteiger partial charge in [-0.2, -0.15) is 0 Å². The number of aromatic nitrogens is 2. The van der Waals surface area contributed by atoms with E-state index in [0.717, 1.165) is 16.3 Å². The van der Waals surface area contributed by atoms with Crippen LogP contribution in [0.25, 0.3) is 10.6 Å². The van der Waals surface area contributed by atoms with Crippen LogP contribution in [-0.4, -0.2) is 33.6 Å². The van der Waals surface area contributed by atoms with Crippen molar-refractivity contribution in [2.75, 3.05) is 6.61 Å². The Balaban J connectivity index is 1.99. The van der Waals surface area contributed by atoms with E-state index in [1.165, 1.54) is 11.3 Å². The summed E-state index contributed by atoms with van der Waals surface area (Å²) < 4.78 is 0. The Bertz CT molecular complexity index is 635. The van der Waals surface area contributed by atoms with Crippen LogP contribution in [0.15, 0.2) is 29.9 Å². The van der Waals surface area contributed by atoms with Crippen molar-refractivity contribution < 1.29 is 9.90 Å². The summed E-state index contributed by atoms with van der Waals surface area (Å²) in [5.41, 5.74) is 1.61. The second kappa shape index (κ2) is 7.66. The Morgan fingerprint density at radius 1 is 1.43 bits per heavy atom. The lowest BCUT2D eigenvalue weighted by Gasteiger charge is -2.31. The van der Waals surface area contributed by atoms with Gasteiger partial charge >= 0.3 is 0 Å². The van der Waals surface area contributed by atoms with Crippen LogP contribution in [0.3, 0.4) is 0 Å². The minimum Gasteiger partial charge on any atom is -0.396 e. The van der Waals surface area contributed by atoms with Crippen LogP contribution in [-0.2, 0) is 11.2 Å². The zero-order valence-corrected chi connectivity index (χ0v) is 14.6. The average Bonchev–Trinajstić information content (AvgIpc) is 2.95. The molecule has 0 aliphatic rings. The quantitative estimate of drug-likeness (QED) is 0.852. The molecule has 0 fully saturated rings. The first-order valence-corrected chi connectivity index (χ1v) is 8.53. The number of carbonyl (C=O) groups excluding carboxylic acids is 1. The number of nitrogens with zero attached hydrogens (tertiary/aromatic N) is 2. The maximum absolute atomic E-state index is 12.2. The van der Waals surface area contributed by atoms with Gasteiger partial charge in [0.15, 0.2) is 0 Å². The highest BCUT2D eigenvalue weighted by molar-refractivity contribution is 7.13. The molecule has 0 saturated heterocycles. The van der Waals surface area contributed by atoms with Crippen LogP contribution in [0.5, 0.6) is 0 Å². The van der Waals surface area contributed by atoms with Crippen molar-refractivity contribution in [1.82, 2.24) is 15.3 Å². The van der Waals surface area contributed by atoms with E-state index in [2.05, 4.69) is 36.1 Å². The third kappa shape index (κ3) is 5.11. The number of carbonyl (C=O) groups is 1. The second-order valence-corrected chi connectivity index (χ2v) is 7.42. The van der Waals surface area contributed by atoms with Crippen LogP contribution in [0.4, 0.5) is 0 Å². The first kappa shape index (κ1) is 17.6. The largest absolute Gasteiger partial charge is 0.396 e. The van der Waals surface area contributed by atoms with E-state index < -0.39 is 0 Å². The maximum Gasteiger partial charge on any atom is 0.226 e. The molecular formula is C17H23N3O2S. The van der Waals surface area contributed by atoms with Gasteiger partial charge in [0.05, 0.1) is 12.1 Å². The number of rotatable bonds is 6. The van der Waals surface area contributed by atoms with Gasteiger partial charge < -0.3 is 10.4 Å². The number of aliphatic hydroxyl groups excluding tert-OH is 1. The fourth-order valence-electron chi connectivity index (χ4n) is 2.27. The molecule has 5 nitrogen and oxygen atoms in total. The van der Waals surface area contributed by atoms with E-state index in [-0.39, 0.29) is 30.4 Å². The van der Waals surface area contributed by atoms with Crippen molar-refractivity contribution >= 4 is 17.2 Å².